The van der Waals surface area contributed by atoms with Gasteiger partial charge in [0.1, 0.15) is 5.00 Å². The summed E-state index contributed by atoms with van der Waals surface area (Å²) in [6, 6.07) is 15.5. The van der Waals surface area contributed by atoms with Crippen LogP contribution in [0.25, 0.3) is 20.7 Å². The maximum Gasteiger partial charge on any atom is 0.257 e. The molecule has 0 unspecified atom stereocenters. The SMILES string of the molecule is Cc1c(-c2ccccc2)sc(NC(=O)c2ccc3ncsc3c2)c1C(=O)N1CCCCC1. The molecule has 0 spiro atoms. The van der Waals surface area contributed by atoms with Crippen LogP contribution in [-0.4, -0.2) is 34.8 Å². The van der Waals surface area contributed by atoms with Crippen LogP contribution < -0.4 is 5.32 Å². The third-order valence-electron chi connectivity index (χ3n) is 5.86. The number of carbonyl (C=O) groups is 2. The summed E-state index contributed by atoms with van der Waals surface area (Å²) in [7, 11) is 0. The van der Waals surface area contributed by atoms with Crippen LogP contribution in [0, 0.1) is 6.92 Å². The van der Waals surface area contributed by atoms with Gasteiger partial charge in [-0.05, 0) is 55.5 Å². The van der Waals surface area contributed by atoms with E-state index in [1.807, 2.05) is 54.3 Å². The van der Waals surface area contributed by atoms with Gasteiger partial charge in [-0.2, -0.15) is 0 Å². The summed E-state index contributed by atoms with van der Waals surface area (Å²) >= 11 is 2.98. The fourth-order valence-electron chi connectivity index (χ4n) is 4.15. The Morgan fingerprint density at radius 2 is 1.81 bits per heavy atom. The van der Waals surface area contributed by atoms with Crippen LogP contribution in [0.3, 0.4) is 0 Å². The van der Waals surface area contributed by atoms with Crippen molar-refractivity contribution in [2.75, 3.05) is 18.4 Å². The van der Waals surface area contributed by atoms with Gasteiger partial charge in [-0.25, -0.2) is 4.98 Å². The number of nitrogens with zero attached hydrogens (tertiary/aromatic N) is 2. The Hall–Kier alpha value is -3.03. The normalized spacial score (nSPS) is 14.0. The van der Waals surface area contributed by atoms with E-state index in [-0.39, 0.29) is 11.8 Å². The molecule has 0 aliphatic carbocycles. The predicted octanol–water partition coefficient (Wildman–Crippen LogP) is 6.21. The quantitative estimate of drug-likeness (QED) is 0.393. The number of piperidine rings is 1. The van der Waals surface area contributed by atoms with E-state index in [2.05, 4.69) is 10.3 Å². The molecule has 4 aromatic rings. The third kappa shape index (κ3) is 3.94. The first kappa shape index (κ1) is 20.8. The number of nitrogens with one attached hydrogen (secondary N) is 1. The lowest BCUT2D eigenvalue weighted by Crippen LogP contribution is -2.36. The predicted molar refractivity (Wildman–Crippen MR) is 132 cm³/mol. The van der Waals surface area contributed by atoms with Crippen LogP contribution in [0.1, 0.15) is 45.5 Å². The highest BCUT2D eigenvalue weighted by atomic mass is 32.1. The van der Waals surface area contributed by atoms with Gasteiger partial charge < -0.3 is 10.2 Å². The Kier molecular flexibility index (Phi) is 5.76. The first-order valence-electron chi connectivity index (χ1n) is 10.7. The van der Waals surface area contributed by atoms with Gasteiger partial charge in [-0.15, -0.1) is 22.7 Å². The average molecular weight is 462 g/mol. The molecule has 0 bridgehead atoms. The molecule has 5 rings (SSSR count). The topological polar surface area (TPSA) is 62.3 Å². The number of anilines is 1. The Balaban J connectivity index is 1.53. The number of rotatable bonds is 4. The highest BCUT2D eigenvalue weighted by Crippen LogP contribution is 2.41. The van der Waals surface area contributed by atoms with Crippen LogP contribution in [0.15, 0.2) is 54.0 Å². The number of thiophene rings is 1. The lowest BCUT2D eigenvalue weighted by atomic mass is 10.0. The molecule has 7 heteroatoms. The van der Waals surface area contributed by atoms with Crippen LogP contribution >= 0.6 is 22.7 Å². The number of hydrogen-bond donors (Lipinski definition) is 1. The summed E-state index contributed by atoms with van der Waals surface area (Å²) in [6.07, 6.45) is 3.21. The van der Waals surface area contributed by atoms with Gasteiger partial charge in [-0.1, -0.05) is 30.3 Å². The minimum absolute atomic E-state index is 0.00819. The second-order valence-electron chi connectivity index (χ2n) is 7.97. The zero-order chi connectivity index (χ0) is 22.1. The first-order chi connectivity index (χ1) is 15.6. The van der Waals surface area contributed by atoms with E-state index >= 15 is 0 Å². The van der Waals surface area contributed by atoms with Crippen molar-refractivity contribution in [3.8, 4) is 10.4 Å². The van der Waals surface area contributed by atoms with E-state index in [9.17, 15) is 9.59 Å². The molecular weight excluding hydrogens is 438 g/mol. The van der Waals surface area contributed by atoms with Crippen LogP contribution in [0.4, 0.5) is 5.00 Å². The van der Waals surface area contributed by atoms with E-state index in [0.29, 0.717) is 16.1 Å². The molecule has 1 saturated heterocycles. The maximum absolute atomic E-state index is 13.5. The summed E-state index contributed by atoms with van der Waals surface area (Å²) in [5, 5.41) is 3.67. The molecule has 2 amide bonds. The second kappa shape index (κ2) is 8.84. The number of thiazole rings is 1. The number of fused-ring (bicyclic) bond motifs is 1. The fraction of sp³-hybridized carbons (Fsp3) is 0.240. The van der Waals surface area contributed by atoms with Crippen molar-refractivity contribution in [3.63, 3.8) is 0 Å². The van der Waals surface area contributed by atoms with Crippen LogP contribution in [0.5, 0.6) is 0 Å². The molecule has 1 N–H and O–H groups in total. The van der Waals surface area contributed by atoms with Crippen LogP contribution in [-0.2, 0) is 0 Å². The van der Waals surface area contributed by atoms with Crippen molar-refractivity contribution in [1.82, 2.24) is 9.88 Å². The van der Waals surface area contributed by atoms with E-state index in [0.717, 1.165) is 58.6 Å². The molecule has 1 aliphatic rings. The Morgan fingerprint density at radius 3 is 2.59 bits per heavy atom. The van der Waals surface area contributed by atoms with Gasteiger partial charge in [-0.3, -0.25) is 9.59 Å². The highest BCUT2D eigenvalue weighted by Gasteiger charge is 2.28. The molecule has 5 nitrogen and oxygen atoms in total. The van der Waals surface area contributed by atoms with Gasteiger partial charge in [0.25, 0.3) is 11.8 Å². The monoisotopic (exact) mass is 461 g/mol. The molecule has 162 valence electrons. The number of carbonyl (C=O) groups excluding carboxylic acids is 2. The van der Waals surface area contributed by atoms with Crippen molar-refractivity contribution in [1.29, 1.82) is 0 Å². The van der Waals surface area contributed by atoms with Gasteiger partial charge >= 0.3 is 0 Å². The standard InChI is InChI=1S/C25H23N3O2S2/c1-16-21(25(30)28-12-6-3-7-13-28)24(32-22(16)17-8-4-2-5-9-17)27-23(29)18-10-11-19-20(14-18)31-15-26-19/h2,4-5,8-11,14-15H,3,6-7,12-13H2,1H3,(H,27,29). The second-order valence-corrected chi connectivity index (χ2v) is 9.88. The number of hydrogen-bond acceptors (Lipinski definition) is 5. The molecule has 3 heterocycles. The Morgan fingerprint density at radius 1 is 1.03 bits per heavy atom. The van der Waals surface area contributed by atoms with Crippen molar-refractivity contribution >= 4 is 49.7 Å². The van der Waals surface area contributed by atoms with E-state index in [1.165, 1.54) is 22.7 Å². The number of aromatic nitrogens is 1. The van der Waals surface area contributed by atoms with Crippen LogP contribution in [0.2, 0.25) is 0 Å². The molecular formula is C25H23N3O2S2. The molecule has 1 fully saturated rings. The number of likely N-dealkylation sites (tertiary alicyclic amines) is 1. The molecule has 2 aromatic carbocycles. The molecule has 0 saturated carbocycles. The van der Waals surface area contributed by atoms with Crippen molar-refractivity contribution in [2.24, 2.45) is 0 Å². The fourth-order valence-corrected chi connectivity index (χ4v) is 6.07. The summed E-state index contributed by atoms with van der Waals surface area (Å²) in [5.74, 6) is -0.206. The van der Waals surface area contributed by atoms with Crippen molar-refractivity contribution in [2.45, 2.75) is 26.2 Å². The minimum Gasteiger partial charge on any atom is -0.339 e. The zero-order valence-electron chi connectivity index (χ0n) is 17.8. The lowest BCUT2D eigenvalue weighted by Gasteiger charge is -2.27. The molecule has 2 aromatic heterocycles. The zero-order valence-corrected chi connectivity index (χ0v) is 19.4. The summed E-state index contributed by atoms with van der Waals surface area (Å²) < 4.78 is 0.967. The largest absolute Gasteiger partial charge is 0.339 e. The molecule has 0 radical (unpaired) electrons. The van der Waals surface area contributed by atoms with Gasteiger partial charge in [0.05, 0.1) is 21.3 Å². The third-order valence-corrected chi connectivity index (χ3v) is 7.91. The minimum atomic E-state index is -0.214. The van der Waals surface area contributed by atoms with Gasteiger partial charge in [0.2, 0.25) is 0 Å². The molecule has 0 atom stereocenters. The Labute approximate surface area is 194 Å². The highest BCUT2D eigenvalue weighted by molar-refractivity contribution is 7.20. The first-order valence-corrected chi connectivity index (χ1v) is 12.4. The molecule has 32 heavy (non-hydrogen) atoms. The molecule has 1 aliphatic heterocycles. The van der Waals surface area contributed by atoms with E-state index in [1.54, 1.807) is 11.6 Å². The average Bonchev–Trinajstić information content (AvgIpc) is 3.43. The number of benzene rings is 2. The summed E-state index contributed by atoms with van der Waals surface area (Å²) in [5.41, 5.74) is 5.80. The lowest BCUT2D eigenvalue weighted by molar-refractivity contribution is 0.0725. The van der Waals surface area contributed by atoms with E-state index in [4.69, 9.17) is 0 Å². The van der Waals surface area contributed by atoms with Gasteiger partial charge in [0, 0.05) is 23.5 Å². The van der Waals surface area contributed by atoms with Crippen molar-refractivity contribution in [3.05, 3.63) is 70.7 Å². The van der Waals surface area contributed by atoms with Crippen molar-refractivity contribution < 1.29 is 9.59 Å². The Bertz CT molecular complexity index is 1290. The number of amides is 2. The summed E-state index contributed by atoms with van der Waals surface area (Å²) in [6.45, 7) is 3.52. The van der Waals surface area contributed by atoms with E-state index < -0.39 is 0 Å². The maximum atomic E-state index is 13.5. The summed E-state index contributed by atoms with van der Waals surface area (Å²) in [4.78, 5) is 33.9. The van der Waals surface area contributed by atoms with Gasteiger partial charge in [0.15, 0.2) is 0 Å². The smallest absolute Gasteiger partial charge is 0.257 e.